The largest absolute Gasteiger partial charge is 0.409 e. The molecule has 1 saturated carbocycles. The van der Waals surface area contributed by atoms with Crippen LogP contribution < -0.4 is 11.1 Å². The van der Waals surface area contributed by atoms with Crippen LogP contribution >= 0.6 is 0 Å². The standard InChI is InChI=1S/C14H15N5O2/c15-13(19-21)11(8-4-5-8)18-14(20)9-2-1-3-10-12(9)17-7-6-16-10/h1-3,6-8,11,21H,4-5H2,(H2,15,19)(H,18,20). The highest BCUT2D eigenvalue weighted by Gasteiger charge is 2.35. The summed E-state index contributed by atoms with van der Waals surface area (Å²) in [5, 5.41) is 14.7. The van der Waals surface area contributed by atoms with Crippen LogP contribution in [-0.4, -0.2) is 33.0 Å². The van der Waals surface area contributed by atoms with Crippen LogP contribution in [0.5, 0.6) is 0 Å². The number of aromatic nitrogens is 2. The summed E-state index contributed by atoms with van der Waals surface area (Å²) in [5.41, 5.74) is 7.27. The molecule has 3 rings (SSSR count). The molecule has 1 fully saturated rings. The fraction of sp³-hybridized carbons (Fsp3) is 0.286. The number of hydrogen-bond donors (Lipinski definition) is 3. The Morgan fingerprint density at radius 3 is 2.86 bits per heavy atom. The van der Waals surface area contributed by atoms with E-state index in [0.717, 1.165) is 12.8 Å². The van der Waals surface area contributed by atoms with Gasteiger partial charge in [0.2, 0.25) is 0 Å². The van der Waals surface area contributed by atoms with Crippen LogP contribution in [0.15, 0.2) is 35.7 Å². The van der Waals surface area contributed by atoms with Crippen LogP contribution in [0, 0.1) is 5.92 Å². The van der Waals surface area contributed by atoms with E-state index in [9.17, 15) is 4.79 Å². The smallest absolute Gasteiger partial charge is 0.254 e. The Balaban J connectivity index is 1.90. The Hall–Kier alpha value is -2.70. The van der Waals surface area contributed by atoms with Gasteiger partial charge in [0.15, 0.2) is 5.84 Å². The summed E-state index contributed by atoms with van der Waals surface area (Å²) in [7, 11) is 0. The van der Waals surface area contributed by atoms with Crippen molar-refractivity contribution in [2.24, 2.45) is 16.8 Å². The topological polar surface area (TPSA) is 113 Å². The molecule has 7 nitrogen and oxygen atoms in total. The van der Waals surface area contributed by atoms with Gasteiger partial charge in [0.05, 0.1) is 17.1 Å². The minimum absolute atomic E-state index is 0.0252. The zero-order chi connectivity index (χ0) is 14.8. The fourth-order valence-electron chi connectivity index (χ4n) is 2.32. The van der Waals surface area contributed by atoms with Gasteiger partial charge in [0, 0.05) is 12.4 Å². The Morgan fingerprint density at radius 1 is 1.38 bits per heavy atom. The highest BCUT2D eigenvalue weighted by Crippen LogP contribution is 2.33. The second-order valence-electron chi connectivity index (χ2n) is 5.04. The molecule has 1 aromatic heterocycles. The van der Waals surface area contributed by atoms with Crippen LogP contribution in [0.25, 0.3) is 11.0 Å². The normalized spacial score (nSPS) is 16.7. The van der Waals surface area contributed by atoms with Gasteiger partial charge in [0.25, 0.3) is 5.91 Å². The van der Waals surface area contributed by atoms with Crippen molar-refractivity contribution in [1.82, 2.24) is 15.3 Å². The zero-order valence-electron chi connectivity index (χ0n) is 11.2. The monoisotopic (exact) mass is 285 g/mol. The van der Waals surface area contributed by atoms with Gasteiger partial charge >= 0.3 is 0 Å². The van der Waals surface area contributed by atoms with Crippen LogP contribution in [0.2, 0.25) is 0 Å². The van der Waals surface area contributed by atoms with E-state index < -0.39 is 6.04 Å². The Kier molecular flexibility index (Phi) is 3.39. The van der Waals surface area contributed by atoms with Crippen LogP contribution in [-0.2, 0) is 0 Å². The van der Waals surface area contributed by atoms with Crippen molar-refractivity contribution in [3.63, 3.8) is 0 Å². The van der Waals surface area contributed by atoms with Crippen LogP contribution in [0.1, 0.15) is 23.2 Å². The summed E-state index contributed by atoms with van der Waals surface area (Å²) >= 11 is 0. The third-order valence-electron chi connectivity index (χ3n) is 3.56. The maximum absolute atomic E-state index is 12.5. The van der Waals surface area contributed by atoms with Crippen LogP contribution in [0.4, 0.5) is 0 Å². The van der Waals surface area contributed by atoms with Gasteiger partial charge in [-0.05, 0) is 30.9 Å². The number of amidine groups is 1. The van der Waals surface area contributed by atoms with Gasteiger partial charge in [-0.15, -0.1) is 0 Å². The first kappa shape index (κ1) is 13.3. The maximum atomic E-state index is 12.5. The fourth-order valence-corrected chi connectivity index (χ4v) is 2.32. The molecule has 0 saturated heterocycles. The zero-order valence-corrected chi connectivity index (χ0v) is 11.2. The number of carbonyl (C=O) groups is 1. The second-order valence-corrected chi connectivity index (χ2v) is 5.04. The minimum atomic E-state index is -0.450. The van der Waals surface area contributed by atoms with Gasteiger partial charge < -0.3 is 16.3 Å². The highest BCUT2D eigenvalue weighted by atomic mass is 16.4. The van der Waals surface area contributed by atoms with Crippen molar-refractivity contribution in [3.05, 3.63) is 36.2 Å². The SMILES string of the molecule is N/C(=N/O)C(NC(=O)c1cccc2nccnc12)C1CC1. The number of oxime groups is 1. The van der Waals surface area contributed by atoms with E-state index in [2.05, 4.69) is 20.4 Å². The van der Waals surface area contributed by atoms with E-state index in [1.165, 1.54) is 0 Å². The lowest BCUT2D eigenvalue weighted by Crippen LogP contribution is -2.46. The Labute approximate surface area is 120 Å². The van der Waals surface area contributed by atoms with Crippen molar-refractivity contribution in [3.8, 4) is 0 Å². The molecule has 1 heterocycles. The van der Waals surface area contributed by atoms with Crippen molar-refractivity contribution in [1.29, 1.82) is 0 Å². The van der Waals surface area contributed by atoms with Gasteiger partial charge in [-0.1, -0.05) is 11.2 Å². The number of amides is 1. The molecule has 1 atom stereocenters. The summed E-state index contributed by atoms with van der Waals surface area (Å²) in [6.07, 6.45) is 5.03. The lowest BCUT2D eigenvalue weighted by Gasteiger charge is -2.17. The van der Waals surface area contributed by atoms with Gasteiger partial charge in [0.1, 0.15) is 5.52 Å². The minimum Gasteiger partial charge on any atom is -0.409 e. The second kappa shape index (κ2) is 5.35. The number of para-hydroxylation sites is 1. The molecule has 1 aromatic carbocycles. The summed E-state index contributed by atoms with van der Waals surface area (Å²) in [6.45, 7) is 0. The number of carbonyl (C=O) groups excluding carboxylic acids is 1. The summed E-state index contributed by atoms with van der Waals surface area (Å²) in [4.78, 5) is 20.8. The molecule has 21 heavy (non-hydrogen) atoms. The van der Waals surface area contributed by atoms with Crippen molar-refractivity contribution in [2.45, 2.75) is 18.9 Å². The first-order valence-corrected chi connectivity index (χ1v) is 6.68. The molecule has 0 spiro atoms. The third kappa shape index (κ3) is 2.62. The quantitative estimate of drug-likeness (QED) is 0.334. The molecule has 0 radical (unpaired) electrons. The number of rotatable bonds is 4. The summed E-state index contributed by atoms with van der Waals surface area (Å²) in [5.74, 6) is -0.0484. The number of benzene rings is 1. The molecule has 108 valence electrons. The number of fused-ring (bicyclic) bond motifs is 1. The van der Waals surface area contributed by atoms with E-state index in [4.69, 9.17) is 10.9 Å². The van der Waals surface area contributed by atoms with Crippen molar-refractivity contribution >= 4 is 22.8 Å². The molecular formula is C14H15N5O2. The van der Waals surface area contributed by atoms with Gasteiger partial charge in [-0.3, -0.25) is 14.8 Å². The van der Waals surface area contributed by atoms with Gasteiger partial charge in [-0.2, -0.15) is 0 Å². The lowest BCUT2D eigenvalue weighted by atomic mass is 10.1. The van der Waals surface area contributed by atoms with Crippen molar-refractivity contribution in [2.75, 3.05) is 0 Å². The molecule has 0 bridgehead atoms. The van der Waals surface area contributed by atoms with E-state index in [-0.39, 0.29) is 17.7 Å². The van der Waals surface area contributed by atoms with E-state index in [0.29, 0.717) is 16.6 Å². The summed E-state index contributed by atoms with van der Waals surface area (Å²) < 4.78 is 0. The van der Waals surface area contributed by atoms with E-state index >= 15 is 0 Å². The molecule has 1 amide bonds. The maximum Gasteiger partial charge on any atom is 0.254 e. The molecule has 1 aliphatic carbocycles. The summed E-state index contributed by atoms with van der Waals surface area (Å²) in [6, 6.07) is 4.78. The average molecular weight is 285 g/mol. The predicted molar refractivity (Wildman–Crippen MR) is 76.9 cm³/mol. The molecule has 1 unspecified atom stereocenters. The number of hydrogen-bond acceptors (Lipinski definition) is 5. The highest BCUT2D eigenvalue weighted by molar-refractivity contribution is 6.06. The molecule has 7 heteroatoms. The molecule has 1 aliphatic rings. The average Bonchev–Trinajstić information content (AvgIpc) is 3.35. The molecule has 4 N–H and O–H groups in total. The Morgan fingerprint density at radius 2 is 2.14 bits per heavy atom. The van der Waals surface area contributed by atoms with E-state index in [1.807, 2.05) is 0 Å². The molecule has 2 aromatic rings. The first-order valence-electron chi connectivity index (χ1n) is 6.68. The predicted octanol–water partition coefficient (Wildman–Crippen LogP) is 0.885. The number of nitrogens with zero attached hydrogens (tertiary/aromatic N) is 3. The third-order valence-corrected chi connectivity index (χ3v) is 3.56. The lowest BCUT2D eigenvalue weighted by molar-refractivity contribution is 0.0944. The number of nitrogens with one attached hydrogen (secondary N) is 1. The van der Waals surface area contributed by atoms with Gasteiger partial charge in [-0.25, -0.2) is 0 Å². The Bertz CT molecular complexity index is 706. The molecular weight excluding hydrogens is 270 g/mol. The van der Waals surface area contributed by atoms with Crippen molar-refractivity contribution < 1.29 is 10.0 Å². The first-order chi connectivity index (χ1) is 10.2. The van der Waals surface area contributed by atoms with Crippen LogP contribution in [0.3, 0.4) is 0 Å². The molecule has 0 aliphatic heterocycles. The van der Waals surface area contributed by atoms with E-state index in [1.54, 1.807) is 30.6 Å². The number of nitrogens with two attached hydrogens (primary N) is 1.